The minimum Gasteiger partial charge on any atom is -0.450 e. The molecule has 1 aromatic heterocycles. The van der Waals surface area contributed by atoms with Gasteiger partial charge >= 0.3 is 6.09 Å². The summed E-state index contributed by atoms with van der Waals surface area (Å²) in [6, 6.07) is 4.96. The molecule has 2 N–H and O–H groups in total. The van der Waals surface area contributed by atoms with E-state index < -0.39 is 12.1 Å². The number of carbonyl (C=O) groups excluding carboxylic acids is 2. The van der Waals surface area contributed by atoms with Crippen LogP contribution in [-0.4, -0.2) is 36.2 Å². The molecule has 130 valence electrons. The van der Waals surface area contributed by atoms with Crippen LogP contribution in [0.2, 0.25) is 0 Å². The van der Waals surface area contributed by atoms with Gasteiger partial charge in [-0.2, -0.15) is 5.26 Å². The Bertz CT molecular complexity index is 555. The zero-order valence-electron chi connectivity index (χ0n) is 14.1. The first-order valence-corrected chi connectivity index (χ1v) is 7.99. The minimum atomic E-state index is -0.704. The summed E-state index contributed by atoms with van der Waals surface area (Å²) in [5.41, 5.74) is 1.08. The maximum atomic E-state index is 11.9. The van der Waals surface area contributed by atoms with E-state index in [1.807, 2.05) is 32.0 Å². The van der Waals surface area contributed by atoms with Crippen LogP contribution in [0.15, 0.2) is 24.5 Å². The van der Waals surface area contributed by atoms with Crippen molar-refractivity contribution in [3.8, 4) is 6.07 Å². The summed E-state index contributed by atoms with van der Waals surface area (Å²) >= 11 is 0. The second-order valence-electron chi connectivity index (χ2n) is 5.80. The quantitative estimate of drug-likeness (QED) is 0.530. The average Bonchev–Trinajstić information content (AvgIpc) is 2.56. The summed E-state index contributed by atoms with van der Waals surface area (Å²) in [5.74, 6) is -0.161. The highest BCUT2D eigenvalue weighted by Gasteiger charge is 2.22. The van der Waals surface area contributed by atoms with Gasteiger partial charge in [0.25, 0.3) is 0 Å². The van der Waals surface area contributed by atoms with Crippen molar-refractivity contribution in [2.24, 2.45) is 5.92 Å². The molecule has 1 heterocycles. The summed E-state index contributed by atoms with van der Waals surface area (Å²) in [6.07, 6.45) is 4.77. The Morgan fingerprint density at radius 1 is 1.42 bits per heavy atom. The molecule has 7 heteroatoms. The van der Waals surface area contributed by atoms with E-state index >= 15 is 0 Å². The normalized spacial score (nSPS) is 11.4. The summed E-state index contributed by atoms with van der Waals surface area (Å²) in [4.78, 5) is 27.8. The number of aryl methyl sites for hydroxylation is 1. The van der Waals surface area contributed by atoms with Crippen LogP contribution >= 0.6 is 0 Å². The van der Waals surface area contributed by atoms with E-state index in [1.54, 1.807) is 12.4 Å². The van der Waals surface area contributed by atoms with Crippen molar-refractivity contribution in [2.75, 3.05) is 13.2 Å². The first kappa shape index (κ1) is 19.4. The highest BCUT2D eigenvalue weighted by Crippen LogP contribution is 2.06. The molecule has 0 radical (unpaired) electrons. The lowest BCUT2D eigenvalue weighted by atomic mass is 10.0. The van der Waals surface area contributed by atoms with Crippen molar-refractivity contribution in [1.82, 2.24) is 15.6 Å². The predicted octanol–water partition coefficient (Wildman–Crippen LogP) is 1.79. The number of carbonyl (C=O) groups is 2. The van der Waals surface area contributed by atoms with Crippen LogP contribution in [0.25, 0.3) is 0 Å². The number of amides is 2. The predicted molar refractivity (Wildman–Crippen MR) is 88.9 cm³/mol. The number of nitrogens with one attached hydrogen (secondary N) is 2. The third-order valence-corrected chi connectivity index (χ3v) is 3.22. The first-order chi connectivity index (χ1) is 11.5. The van der Waals surface area contributed by atoms with E-state index in [4.69, 9.17) is 10.00 Å². The lowest BCUT2D eigenvalue weighted by molar-refractivity contribution is -0.123. The molecule has 0 aliphatic carbocycles. The number of nitriles is 1. The third kappa shape index (κ3) is 8.13. The fourth-order valence-electron chi connectivity index (χ4n) is 2.12. The van der Waals surface area contributed by atoms with E-state index in [2.05, 4.69) is 15.6 Å². The molecular weight excluding hydrogens is 308 g/mol. The smallest absolute Gasteiger partial charge is 0.407 e. The molecule has 0 spiro atoms. The van der Waals surface area contributed by atoms with Crippen molar-refractivity contribution >= 4 is 12.0 Å². The van der Waals surface area contributed by atoms with Crippen LogP contribution in [0.5, 0.6) is 0 Å². The lowest BCUT2D eigenvalue weighted by Crippen LogP contribution is -2.47. The molecule has 0 aliphatic heterocycles. The van der Waals surface area contributed by atoms with Gasteiger partial charge in [0.05, 0.1) is 12.7 Å². The van der Waals surface area contributed by atoms with Gasteiger partial charge in [0.15, 0.2) is 0 Å². The topological polar surface area (TPSA) is 104 Å². The van der Waals surface area contributed by atoms with Gasteiger partial charge in [-0.1, -0.05) is 19.9 Å². The van der Waals surface area contributed by atoms with Crippen molar-refractivity contribution in [2.45, 2.75) is 39.2 Å². The monoisotopic (exact) mass is 332 g/mol. The van der Waals surface area contributed by atoms with Gasteiger partial charge in [-0.25, -0.2) is 4.79 Å². The molecule has 0 saturated heterocycles. The number of hydrogen-bond donors (Lipinski definition) is 2. The second kappa shape index (κ2) is 11.0. The summed E-state index contributed by atoms with van der Waals surface area (Å²) < 4.78 is 5.11. The van der Waals surface area contributed by atoms with Crippen LogP contribution in [-0.2, 0) is 16.0 Å². The third-order valence-electron chi connectivity index (χ3n) is 3.22. The van der Waals surface area contributed by atoms with Crippen molar-refractivity contribution in [1.29, 1.82) is 5.26 Å². The zero-order chi connectivity index (χ0) is 17.8. The Morgan fingerprint density at radius 3 is 2.83 bits per heavy atom. The van der Waals surface area contributed by atoms with Gasteiger partial charge in [-0.05, 0) is 36.8 Å². The number of hydrogen-bond acceptors (Lipinski definition) is 5. The van der Waals surface area contributed by atoms with Gasteiger partial charge in [0.2, 0.25) is 5.91 Å². The van der Waals surface area contributed by atoms with Gasteiger partial charge in [0.1, 0.15) is 12.6 Å². The first-order valence-electron chi connectivity index (χ1n) is 7.99. The Kier molecular flexibility index (Phi) is 8.90. The number of ether oxygens (including phenoxy) is 1. The molecule has 1 aromatic rings. The maximum Gasteiger partial charge on any atom is 0.407 e. The molecular formula is C17H24N4O3. The summed E-state index contributed by atoms with van der Waals surface area (Å²) in [6.45, 7) is 4.07. The average molecular weight is 332 g/mol. The van der Waals surface area contributed by atoms with E-state index in [1.165, 1.54) is 0 Å². The van der Waals surface area contributed by atoms with Gasteiger partial charge in [-0.3, -0.25) is 9.78 Å². The zero-order valence-corrected chi connectivity index (χ0v) is 14.1. The molecule has 1 rings (SSSR count). The molecule has 1 atom stereocenters. The van der Waals surface area contributed by atoms with Crippen LogP contribution in [0.3, 0.4) is 0 Å². The van der Waals surface area contributed by atoms with Crippen LogP contribution in [0.4, 0.5) is 4.79 Å². The number of pyridine rings is 1. The number of aromatic nitrogens is 1. The van der Waals surface area contributed by atoms with E-state index in [-0.39, 0.29) is 25.0 Å². The molecule has 7 nitrogen and oxygen atoms in total. The number of alkyl carbamates (subject to hydrolysis) is 1. The second-order valence-corrected chi connectivity index (χ2v) is 5.80. The lowest BCUT2D eigenvalue weighted by Gasteiger charge is -2.19. The Labute approximate surface area is 142 Å². The molecule has 0 fully saturated rings. The Morgan fingerprint density at radius 2 is 2.21 bits per heavy atom. The number of rotatable bonds is 9. The maximum absolute atomic E-state index is 11.9. The molecule has 0 aliphatic rings. The Balaban J connectivity index is 2.35. The van der Waals surface area contributed by atoms with Crippen LogP contribution < -0.4 is 10.6 Å². The largest absolute Gasteiger partial charge is 0.450 e. The van der Waals surface area contributed by atoms with Crippen molar-refractivity contribution < 1.29 is 14.3 Å². The van der Waals surface area contributed by atoms with Crippen molar-refractivity contribution in [3.05, 3.63) is 30.1 Å². The minimum absolute atomic E-state index is 0.0880. The molecule has 2 amide bonds. The molecule has 24 heavy (non-hydrogen) atoms. The fraction of sp³-hybridized carbons (Fsp3) is 0.529. The van der Waals surface area contributed by atoms with Gasteiger partial charge < -0.3 is 15.4 Å². The molecule has 1 unspecified atom stereocenters. The van der Waals surface area contributed by atoms with E-state index in [9.17, 15) is 9.59 Å². The van der Waals surface area contributed by atoms with Crippen LogP contribution in [0.1, 0.15) is 32.3 Å². The SMILES string of the molecule is CC(C)CC(NC(=O)OCCCc1cccnc1)C(=O)NCC#N. The highest BCUT2D eigenvalue weighted by atomic mass is 16.5. The summed E-state index contributed by atoms with van der Waals surface area (Å²) in [5, 5.41) is 13.5. The number of nitrogens with zero attached hydrogens (tertiary/aromatic N) is 2. The van der Waals surface area contributed by atoms with Gasteiger partial charge in [-0.15, -0.1) is 0 Å². The van der Waals surface area contributed by atoms with Crippen molar-refractivity contribution in [3.63, 3.8) is 0 Å². The Hall–Kier alpha value is -2.62. The van der Waals surface area contributed by atoms with Gasteiger partial charge in [0, 0.05) is 12.4 Å². The standard InChI is InChI=1S/C17H24N4O3/c1-13(2)11-15(16(22)20-9-7-18)21-17(23)24-10-4-6-14-5-3-8-19-12-14/h3,5,8,12-13,15H,4,6,9-11H2,1-2H3,(H,20,22)(H,21,23). The molecule has 0 aromatic carbocycles. The highest BCUT2D eigenvalue weighted by molar-refractivity contribution is 5.85. The molecule has 0 saturated carbocycles. The van der Waals surface area contributed by atoms with E-state index in [0.29, 0.717) is 12.8 Å². The van der Waals surface area contributed by atoms with Crippen LogP contribution in [0, 0.1) is 17.2 Å². The molecule has 0 bridgehead atoms. The van der Waals surface area contributed by atoms with E-state index in [0.717, 1.165) is 12.0 Å². The summed E-state index contributed by atoms with van der Waals surface area (Å²) in [7, 11) is 0. The fourth-order valence-corrected chi connectivity index (χ4v) is 2.12.